The number of unbranched alkanes of at least 4 members (excludes halogenated alkanes) is 1. The lowest BCUT2D eigenvalue weighted by Crippen LogP contribution is -2.52. The summed E-state index contributed by atoms with van der Waals surface area (Å²) >= 11 is 1.08. The number of rotatable bonds is 13. The van der Waals surface area contributed by atoms with Gasteiger partial charge in [-0.05, 0) is 45.4 Å². The van der Waals surface area contributed by atoms with Crippen LogP contribution in [0.2, 0.25) is 0 Å². The number of hydrogen-bond acceptors (Lipinski definition) is 9. The highest BCUT2D eigenvalue weighted by atomic mass is 32.1. The first kappa shape index (κ1) is 30.6. The Labute approximate surface area is 244 Å². The van der Waals surface area contributed by atoms with E-state index in [1.54, 1.807) is 6.92 Å². The van der Waals surface area contributed by atoms with E-state index < -0.39 is 34.7 Å². The lowest BCUT2D eigenvalue weighted by atomic mass is 10.1. The van der Waals surface area contributed by atoms with E-state index in [2.05, 4.69) is 10.2 Å². The molecule has 1 atom stereocenters. The fourth-order valence-electron chi connectivity index (χ4n) is 4.48. The molecule has 0 radical (unpaired) electrons. The van der Waals surface area contributed by atoms with E-state index in [1.165, 1.54) is 53.8 Å². The average Bonchev–Trinajstić information content (AvgIpc) is 3.59. The topological polar surface area (TPSA) is 154 Å². The molecule has 14 heteroatoms. The van der Waals surface area contributed by atoms with Gasteiger partial charge in [-0.2, -0.15) is 15.5 Å². The average molecular weight is 599 g/mol. The van der Waals surface area contributed by atoms with E-state index in [1.807, 2.05) is 13.0 Å². The van der Waals surface area contributed by atoms with Crippen molar-refractivity contribution in [2.24, 2.45) is 0 Å². The van der Waals surface area contributed by atoms with Crippen molar-refractivity contribution in [2.45, 2.75) is 65.1 Å². The molecule has 222 valence electrons. The Hall–Kier alpha value is -4.35. The summed E-state index contributed by atoms with van der Waals surface area (Å²) in [7, 11) is 0. The quantitative estimate of drug-likeness (QED) is 0.226. The zero-order valence-corrected chi connectivity index (χ0v) is 24.5. The third kappa shape index (κ3) is 5.83. The maximum atomic E-state index is 14.6. The maximum Gasteiger partial charge on any atom is 0.333 e. The molecule has 12 nitrogen and oxygen atoms in total. The third-order valence-corrected chi connectivity index (χ3v) is 8.11. The molecule has 3 heterocycles. The molecule has 0 amide bonds. The number of aromatic nitrogens is 5. The van der Waals surface area contributed by atoms with Gasteiger partial charge in [0.15, 0.2) is 0 Å². The Bertz CT molecular complexity index is 1750. The van der Waals surface area contributed by atoms with Gasteiger partial charge in [0.2, 0.25) is 0 Å². The zero-order valence-electron chi connectivity index (χ0n) is 23.7. The number of carboxylic acids is 1. The lowest BCUT2D eigenvalue weighted by molar-refractivity contribution is -0.146. The number of carboxylic acid groups (broad SMARTS) is 1. The van der Waals surface area contributed by atoms with Crippen molar-refractivity contribution in [1.82, 2.24) is 24.1 Å². The van der Waals surface area contributed by atoms with Gasteiger partial charge in [0.1, 0.15) is 33.0 Å². The summed E-state index contributed by atoms with van der Waals surface area (Å²) in [6, 6.07) is 5.97. The van der Waals surface area contributed by atoms with Gasteiger partial charge >= 0.3 is 11.7 Å². The van der Waals surface area contributed by atoms with Gasteiger partial charge in [0.25, 0.3) is 5.56 Å². The molecule has 42 heavy (non-hydrogen) atoms. The largest absolute Gasteiger partial charge is 0.493 e. The molecular weight excluding hydrogens is 567 g/mol. The molecular formula is C28H31FN6O6S. The Morgan fingerprint density at radius 2 is 1.95 bits per heavy atom. The predicted octanol–water partition coefficient (Wildman–Crippen LogP) is 3.92. The summed E-state index contributed by atoms with van der Waals surface area (Å²) in [5, 5.41) is 28.0. The Kier molecular flexibility index (Phi) is 9.23. The van der Waals surface area contributed by atoms with Crippen molar-refractivity contribution in [3.8, 4) is 16.8 Å². The van der Waals surface area contributed by atoms with Crippen LogP contribution in [0.1, 0.15) is 57.3 Å². The van der Waals surface area contributed by atoms with Crippen LogP contribution in [0.4, 0.5) is 4.39 Å². The number of thiophene rings is 1. The summed E-state index contributed by atoms with van der Waals surface area (Å²) in [6.45, 7) is 6.29. The van der Waals surface area contributed by atoms with Crippen LogP contribution in [-0.2, 0) is 21.6 Å². The second-order valence-electron chi connectivity index (χ2n) is 10.1. The number of nitriles is 1. The van der Waals surface area contributed by atoms with E-state index in [-0.39, 0.29) is 29.8 Å². The Balaban J connectivity index is 1.99. The molecule has 0 bridgehead atoms. The molecule has 0 fully saturated rings. The highest BCUT2D eigenvalue weighted by Gasteiger charge is 2.36. The highest BCUT2D eigenvalue weighted by Crippen LogP contribution is 2.34. The van der Waals surface area contributed by atoms with Crippen molar-refractivity contribution in [3.05, 3.63) is 68.4 Å². The van der Waals surface area contributed by atoms with Crippen LogP contribution in [0, 0.1) is 24.1 Å². The van der Waals surface area contributed by atoms with Crippen molar-refractivity contribution < 1.29 is 23.8 Å². The standard InChI is InChI=1S/C28H31FN6O6S/c1-5-6-13-40-20-9-8-18(29)15-19(20)21(41-14-7-10-30)16-33-25-22(17(2)24(42-25)35-31-11-12-32-35)23(36)34(27(33)39)28(3,4)26(37)38/h8-9,11-12,15,21H,5-7,13-14,16H2,1-4H3,(H,37,38)/t21-/m0/s1. The summed E-state index contributed by atoms with van der Waals surface area (Å²) in [6.07, 6.45) is 3.58. The zero-order chi connectivity index (χ0) is 30.6. The van der Waals surface area contributed by atoms with Crippen LogP contribution >= 0.6 is 11.3 Å². The number of hydrogen-bond donors (Lipinski definition) is 1. The number of carbonyl (C=O) groups is 1. The van der Waals surface area contributed by atoms with Crippen LogP contribution in [0.25, 0.3) is 15.2 Å². The minimum atomic E-state index is -1.91. The first-order valence-electron chi connectivity index (χ1n) is 13.3. The molecule has 3 aromatic heterocycles. The maximum absolute atomic E-state index is 14.6. The highest BCUT2D eigenvalue weighted by molar-refractivity contribution is 7.21. The van der Waals surface area contributed by atoms with E-state index in [4.69, 9.17) is 14.7 Å². The monoisotopic (exact) mass is 598 g/mol. The van der Waals surface area contributed by atoms with E-state index >= 15 is 0 Å². The number of fused-ring (bicyclic) bond motifs is 1. The number of aryl methyl sites for hydroxylation is 1. The van der Waals surface area contributed by atoms with Crippen LogP contribution < -0.4 is 16.0 Å². The second-order valence-corrected chi connectivity index (χ2v) is 11.1. The number of benzene rings is 1. The fraction of sp³-hybridized carbons (Fsp3) is 0.429. The van der Waals surface area contributed by atoms with Crippen molar-refractivity contribution in [1.29, 1.82) is 5.26 Å². The molecule has 1 aromatic carbocycles. The van der Waals surface area contributed by atoms with E-state index in [0.717, 1.165) is 24.2 Å². The minimum Gasteiger partial charge on any atom is -0.493 e. The first-order chi connectivity index (χ1) is 20.0. The minimum absolute atomic E-state index is 0.0287. The number of aliphatic carboxylic acids is 1. The van der Waals surface area contributed by atoms with Gasteiger partial charge in [-0.25, -0.2) is 18.5 Å². The van der Waals surface area contributed by atoms with Crippen LogP contribution in [0.3, 0.4) is 0 Å². The first-order valence-corrected chi connectivity index (χ1v) is 14.1. The third-order valence-electron chi connectivity index (χ3n) is 6.83. The van der Waals surface area contributed by atoms with Crippen molar-refractivity contribution in [3.63, 3.8) is 0 Å². The van der Waals surface area contributed by atoms with Gasteiger partial charge in [-0.1, -0.05) is 24.7 Å². The van der Waals surface area contributed by atoms with E-state index in [9.17, 15) is 23.9 Å². The SMILES string of the molecule is CCCCOc1ccc(F)cc1[C@H](Cn1c(=O)n(C(C)(C)C(=O)O)c(=O)c2c(C)c(-n3nccn3)sc21)OCCC#N. The molecule has 4 rings (SSSR count). The van der Waals surface area contributed by atoms with Gasteiger partial charge in [0, 0.05) is 11.1 Å². The molecule has 0 aliphatic carbocycles. The summed E-state index contributed by atoms with van der Waals surface area (Å²) in [5.41, 5.74) is -2.81. The normalized spacial score (nSPS) is 12.4. The lowest BCUT2D eigenvalue weighted by Gasteiger charge is -2.26. The summed E-state index contributed by atoms with van der Waals surface area (Å²) < 4.78 is 28.5. The number of halogens is 1. The van der Waals surface area contributed by atoms with Gasteiger partial charge in [0.05, 0.1) is 50.0 Å². The summed E-state index contributed by atoms with van der Waals surface area (Å²) in [5.74, 6) is -1.60. The fourth-order valence-corrected chi connectivity index (χ4v) is 5.70. The van der Waals surface area contributed by atoms with Crippen molar-refractivity contribution >= 4 is 27.5 Å². The molecule has 4 aromatic rings. The molecule has 0 saturated heterocycles. The molecule has 0 aliphatic heterocycles. The smallest absolute Gasteiger partial charge is 0.333 e. The van der Waals surface area contributed by atoms with Crippen LogP contribution in [0.15, 0.2) is 40.2 Å². The molecule has 1 N–H and O–H groups in total. The molecule has 0 unspecified atom stereocenters. The second kappa shape index (κ2) is 12.7. The predicted molar refractivity (Wildman–Crippen MR) is 153 cm³/mol. The number of nitrogens with zero attached hydrogens (tertiary/aromatic N) is 6. The van der Waals surface area contributed by atoms with E-state index in [0.29, 0.717) is 33.1 Å². The summed E-state index contributed by atoms with van der Waals surface area (Å²) in [4.78, 5) is 41.6. The van der Waals surface area contributed by atoms with Crippen LogP contribution in [-0.4, -0.2) is 48.4 Å². The van der Waals surface area contributed by atoms with Crippen molar-refractivity contribution in [2.75, 3.05) is 13.2 Å². The van der Waals surface area contributed by atoms with Gasteiger partial charge < -0.3 is 14.6 Å². The Morgan fingerprint density at radius 3 is 2.60 bits per heavy atom. The Morgan fingerprint density at radius 1 is 1.24 bits per heavy atom. The molecule has 0 aliphatic rings. The molecule has 0 spiro atoms. The van der Waals surface area contributed by atoms with Gasteiger partial charge in [-0.3, -0.25) is 9.36 Å². The number of ether oxygens (including phenoxy) is 2. The van der Waals surface area contributed by atoms with Crippen LogP contribution in [0.5, 0.6) is 5.75 Å². The van der Waals surface area contributed by atoms with Gasteiger partial charge in [-0.15, -0.1) is 4.80 Å². The molecule has 0 saturated carbocycles.